The van der Waals surface area contributed by atoms with Crippen molar-refractivity contribution < 1.29 is 5.11 Å². The zero-order valence-electron chi connectivity index (χ0n) is 8.11. The minimum atomic E-state index is -0.314. The van der Waals surface area contributed by atoms with Crippen LogP contribution < -0.4 is 0 Å². The fraction of sp³-hybridized carbons (Fsp3) is 0.750. The minimum absolute atomic E-state index is 0.314. The van der Waals surface area contributed by atoms with E-state index in [2.05, 4.69) is 29.0 Å². The highest BCUT2D eigenvalue weighted by molar-refractivity contribution is 7.99. The number of thioether (sulfide) groups is 1. The Morgan fingerprint density at radius 2 is 2.15 bits per heavy atom. The summed E-state index contributed by atoms with van der Waals surface area (Å²) in [5, 5.41) is 16.6. The first-order valence-corrected chi connectivity index (χ1v) is 5.31. The fourth-order valence-electron chi connectivity index (χ4n) is 0.776. The van der Waals surface area contributed by atoms with Crippen LogP contribution in [0.3, 0.4) is 0 Å². The highest BCUT2D eigenvalue weighted by atomic mass is 32.2. The summed E-state index contributed by atoms with van der Waals surface area (Å²) in [6.07, 6.45) is -0.314. The number of aromatic nitrogens is 3. The van der Waals surface area contributed by atoms with E-state index in [4.69, 9.17) is 5.11 Å². The summed E-state index contributed by atoms with van der Waals surface area (Å²) in [5.41, 5.74) is 0. The van der Waals surface area contributed by atoms with E-state index in [1.54, 1.807) is 6.92 Å². The number of rotatable bonds is 4. The zero-order chi connectivity index (χ0) is 9.84. The highest BCUT2D eigenvalue weighted by Gasteiger charge is 2.07. The number of hydrogen-bond donors (Lipinski definition) is 2. The molecule has 0 radical (unpaired) electrons. The van der Waals surface area contributed by atoms with Crippen molar-refractivity contribution in [1.29, 1.82) is 0 Å². The summed E-state index contributed by atoms with van der Waals surface area (Å²) in [5.74, 6) is 1.90. The summed E-state index contributed by atoms with van der Waals surface area (Å²) in [6.45, 7) is 5.87. The maximum Gasteiger partial charge on any atom is 0.208 e. The second-order valence-corrected chi connectivity index (χ2v) is 4.31. The van der Waals surface area contributed by atoms with E-state index in [9.17, 15) is 0 Å². The van der Waals surface area contributed by atoms with Gasteiger partial charge in [-0.15, -0.1) is 5.10 Å². The maximum absolute atomic E-state index is 9.04. The molecule has 0 aliphatic carbocycles. The third-order valence-electron chi connectivity index (χ3n) is 1.48. The first-order chi connectivity index (χ1) is 6.09. The van der Waals surface area contributed by atoms with Crippen molar-refractivity contribution in [2.45, 2.75) is 37.9 Å². The van der Waals surface area contributed by atoms with Gasteiger partial charge in [0.1, 0.15) is 5.82 Å². The van der Waals surface area contributed by atoms with E-state index in [0.29, 0.717) is 16.8 Å². The lowest BCUT2D eigenvalue weighted by Gasteiger charge is -1.98. The van der Waals surface area contributed by atoms with Crippen molar-refractivity contribution >= 4 is 11.8 Å². The standard InChI is InChI=1S/C8H15N3OS/c1-5(2)7-9-8(11-10-7)13-4-6(3)12/h5-6,12H,4H2,1-3H3,(H,9,10,11). The van der Waals surface area contributed by atoms with Gasteiger partial charge in [0.05, 0.1) is 6.10 Å². The average molecular weight is 201 g/mol. The van der Waals surface area contributed by atoms with Crippen LogP contribution in [-0.4, -0.2) is 32.1 Å². The van der Waals surface area contributed by atoms with Crippen LogP contribution in [0.4, 0.5) is 0 Å². The molecular weight excluding hydrogens is 186 g/mol. The summed E-state index contributed by atoms with van der Waals surface area (Å²) in [7, 11) is 0. The Bertz CT molecular complexity index is 260. The fourth-order valence-corrected chi connectivity index (χ4v) is 1.44. The molecule has 0 saturated heterocycles. The smallest absolute Gasteiger partial charge is 0.208 e. The molecule has 5 heteroatoms. The Kier molecular flexibility index (Phi) is 3.74. The molecule has 74 valence electrons. The highest BCUT2D eigenvalue weighted by Crippen LogP contribution is 2.16. The Labute approximate surface area is 82.2 Å². The van der Waals surface area contributed by atoms with Crippen molar-refractivity contribution in [3.8, 4) is 0 Å². The predicted octanol–water partition coefficient (Wildman–Crippen LogP) is 1.40. The van der Waals surface area contributed by atoms with Crippen molar-refractivity contribution in [2.75, 3.05) is 5.75 Å². The van der Waals surface area contributed by atoms with Crippen LogP contribution >= 0.6 is 11.8 Å². The summed E-state index contributed by atoms with van der Waals surface area (Å²) in [4.78, 5) is 4.27. The molecule has 4 nitrogen and oxygen atoms in total. The zero-order valence-corrected chi connectivity index (χ0v) is 8.93. The van der Waals surface area contributed by atoms with Gasteiger partial charge < -0.3 is 5.11 Å². The number of H-pyrrole nitrogens is 1. The molecule has 1 aromatic heterocycles. The van der Waals surface area contributed by atoms with E-state index in [-0.39, 0.29) is 6.10 Å². The molecule has 2 N–H and O–H groups in total. The molecule has 0 aliphatic heterocycles. The third kappa shape index (κ3) is 3.36. The number of nitrogens with one attached hydrogen (secondary N) is 1. The summed E-state index contributed by atoms with van der Waals surface area (Å²) < 4.78 is 0. The number of aliphatic hydroxyl groups excluding tert-OH is 1. The molecule has 0 saturated carbocycles. The van der Waals surface area contributed by atoms with Gasteiger partial charge >= 0.3 is 0 Å². The topological polar surface area (TPSA) is 61.8 Å². The molecule has 0 aliphatic rings. The van der Waals surface area contributed by atoms with Gasteiger partial charge in [0.15, 0.2) is 0 Å². The molecule has 1 unspecified atom stereocenters. The number of nitrogens with zero attached hydrogens (tertiary/aromatic N) is 2. The molecule has 0 aromatic carbocycles. The molecule has 0 bridgehead atoms. The number of aromatic amines is 1. The average Bonchev–Trinajstić information content (AvgIpc) is 2.48. The second kappa shape index (κ2) is 4.62. The molecule has 1 atom stereocenters. The second-order valence-electron chi connectivity index (χ2n) is 3.32. The Balaban J connectivity index is 2.49. The largest absolute Gasteiger partial charge is 0.393 e. The van der Waals surface area contributed by atoms with E-state index in [0.717, 1.165) is 5.82 Å². The molecule has 0 spiro atoms. The van der Waals surface area contributed by atoms with Gasteiger partial charge in [0.25, 0.3) is 0 Å². The Morgan fingerprint density at radius 1 is 1.46 bits per heavy atom. The Morgan fingerprint density at radius 3 is 2.62 bits per heavy atom. The molecule has 1 heterocycles. The molecule has 0 fully saturated rings. The van der Waals surface area contributed by atoms with Crippen LogP contribution in [0.15, 0.2) is 5.16 Å². The van der Waals surface area contributed by atoms with Crippen LogP contribution in [0, 0.1) is 0 Å². The van der Waals surface area contributed by atoms with E-state index < -0.39 is 0 Å². The molecule has 1 aromatic rings. The number of aliphatic hydroxyl groups is 1. The summed E-state index contributed by atoms with van der Waals surface area (Å²) >= 11 is 1.46. The van der Waals surface area contributed by atoms with Crippen LogP contribution in [0.25, 0.3) is 0 Å². The number of hydrogen-bond acceptors (Lipinski definition) is 4. The van der Waals surface area contributed by atoms with E-state index in [1.165, 1.54) is 11.8 Å². The monoisotopic (exact) mass is 201 g/mol. The van der Waals surface area contributed by atoms with Gasteiger partial charge in [0, 0.05) is 11.7 Å². The van der Waals surface area contributed by atoms with E-state index in [1.807, 2.05) is 0 Å². The lowest BCUT2D eigenvalue weighted by atomic mass is 10.2. The molecule has 13 heavy (non-hydrogen) atoms. The SMILES string of the molecule is CC(O)CSc1n[nH]c(C(C)C)n1. The van der Waals surface area contributed by atoms with Gasteiger partial charge in [-0.1, -0.05) is 25.6 Å². The summed E-state index contributed by atoms with van der Waals surface area (Å²) in [6, 6.07) is 0. The quantitative estimate of drug-likeness (QED) is 0.723. The molecular formula is C8H15N3OS. The van der Waals surface area contributed by atoms with Crippen LogP contribution in [0.1, 0.15) is 32.5 Å². The predicted molar refractivity (Wildman–Crippen MR) is 52.9 cm³/mol. The first-order valence-electron chi connectivity index (χ1n) is 4.32. The van der Waals surface area contributed by atoms with Gasteiger partial charge in [-0.05, 0) is 6.92 Å². The van der Waals surface area contributed by atoms with Gasteiger partial charge in [0.2, 0.25) is 5.16 Å². The Hall–Kier alpha value is -0.550. The first kappa shape index (κ1) is 10.5. The van der Waals surface area contributed by atoms with Crippen molar-refractivity contribution in [2.24, 2.45) is 0 Å². The third-order valence-corrected chi connectivity index (χ3v) is 2.57. The van der Waals surface area contributed by atoms with Crippen LogP contribution in [0.2, 0.25) is 0 Å². The van der Waals surface area contributed by atoms with Gasteiger partial charge in [-0.2, -0.15) is 0 Å². The molecule has 1 rings (SSSR count). The molecule has 0 amide bonds. The van der Waals surface area contributed by atoms with Crippen molar-refractivity contribution in [1.82, 2.24) is 15.2 Å². The van der Waals surface area contributed by atoms with Gasteiger partial charge in [-0.3, -0.25) is 5.10 Å². The van der Waals surface area contributed by atoms with Crippen molar-refractivity contribution in [3.05, 3.63) is 5.82 Å². The maximum atomic E-state index is 9.04. The van der Waals surface area contributed by atoms with Crippen molar-refractivity contribution in [3.63, 3.8) is 0 Å². The van der Waals surface area contributed by atoms with Crippen LogP contribution in [-0.2, 0) is 0 Å². The van der Waals surface area contributed by atoms with E-state index >= 15 is 0 Å². The lowest BCUT2D eigenvalue weighted by molar-refractivity contribution is 0.220. The van der Waals surface area contributed by atoms with Gasteiger partial charge in [-0.25, -0.2) is 4.98 Å². The lowest BCUT2D eigenvalue weighted by Crippen LogP contribution is -2.02. The van der Waals surface area contributed by atoms with Crippen LogP contribution in [0.5, 0.6) is 0 Å². The normalized spacial score (nSPS) is 13.6. The minimum Gasteiger partial charge on any atom is -0.393 e.